The minimum atomic E-state index is 0.191. The summed E-state index contributed by atoms with van der Waals surface area (Å²) in [6, 6.07) is 64.2. The summed E-state index contributed by atoms with van der Waals surface area (Å²) in [4.78, 5) is 2.50. The quantitative estimate of drug-likeness (QED) is 0.161. The fourth-order valence-electron chi connectivity index (χ4n) is 10.6. The van der Waals surface area contributed by atoms with Crippen molar-refractivity contribution < 1.29 is 9.15 Å². The number of rotatable bonds is 7. The highest BCUT2D eigenvalue weighted by atomic mass is 16.5. The average Bonchev–Trinajstić information content (AvgIpc) is 3.90. The number of furan rings is 1. The van der Waals surface area contributed by atoms with Crippen LogP contribution in [0.3, 0.4) is 0 Å². The van der Waals surface area contributed by atoms with Gasteiger partial charge in [0, 0.05) is 44.6 Å². The van der Waals surface area contributed by atoms with Gasteiger partial charge in [0.15, 0.2) is 0 Å². The summed E-state index contributed by atoms with van der Waals surface area (Å²) in [6.45, 7) is 0. The molecule has 1 aliphatic heterocycles. The topological polar surface area (TPSA) is 25.6 Å². The fraction of sp³-hybridized carbons (Fsp3) is 0.138. The molecule has 0 radical (unpaired) electrons. The molecule has 1 aromatic heterocycles. The van der Waals surface area contributed by atoms with E-state index in [1.807, 2.05) is 12.1 Å². The Labute approximate surface area is 356 Å². The highest BCUT2D eigenvalue weighted by Gasteiger charge is 2.34. The number of hydrogen-bond donors (Lipinski definition) is 0. The monoisotopic (exact) mass is 787 g/mol. The Morgan fingerprint density at radius 1 is 0.508 bits per heavy atom. The summed E-state index contributed by atoms with van der Waals surface area (Å²) < 4.78 is 13.0. The van der Waals surface area contributed by atoms with Crippen LogP contribution in [0.4, 0.5) is 17.1 Å². The average molecular weight is 788 g/mol. The van der Waals surface area contributed by atoms with Gasteiger partial charge in [0.05, 0.1) is 11.4 Å². The Kier molecular flexibility index (Phi) is 8.73. The maximum absolute atomic E-state index is 6.77. The van der Waals surface area contributed by atoms with Crippen LogP contribution in [0.15, 0.2) is 198 Å². The Bertz CT molecular complexity index is 3210. The second-order valence-electron chi connectivity index (χ2n) is 16.9. The zero-order valence-electron chi connectivity index (χ0n) is 34.1. The number of hydrogen-bond acceptors (Lipinski definition) is 3. The fourth-order valence-corrected chi connectivity index (χ4v) is 10.6. The molecule has 294 valence electrons. The molecular formula is C58H45NO2. The van der Waals surface area contributed by atoms with Crippen LogP contribution in [0.1, 0.15) is 67.1 Å². The number of anilines is 3. The standard InChI is InChI=1S/C58H45NO2/c1-2-16-38(17-3-1)43-26-13-18-39-19-14-27-48(57(39)43)44-22-4-8-30-52(44)59(42-21-12-20-40(36-42)41-34-35-56-51(37-41)47-25-7-10-32-54(47)60-56)53-31-9-5-23-45(53)49-28-15-29-50-46-24-6-11-33-55(46)61-58(49)50/h4-15,18-28,30-38,50H,1-3,16-17,29H2. The van der Waals surface area contributed by atoms with Gasteiger partial charge in [0.1, 0.15) is 22.7 Å². The lowest BCUT2D eigenvalue weighted by Crippen LogP contribution is -2.14. The molecule has 0 spiro atoms. The van der Waals surface area contributed by atoms with Gasteiger partial charge in [-0.25, -0.2) is 0 Å². The number of benzene rings is 8. The lowest BCUT2D eigenvalue weighted by Gasteiger charge is -2.31. The van der Waals surface area contributed by atoms with Crippen molar-refractivity contribution in [3.8, 4) is 28.0 Å². The summed E-state index contributed by atoms with van der Waals surface area (Å²) in [7, 11) is 0. The van der Waals surface area contributed by atoms with Gasteiger partial charge in [0.2, 0.25) is 0 Å². The minimum absolute atomic E-state index is 0.191. The number of allylic oxidation sites excluding steroid dienone is 4. The van der Waals surface area contributed by atoms with Crippen molar-refractivity contribution in [2.75, 3.05) is 4.90 Å². The Morgan fingerprint density at radius 3 is 2.10 bits per heavy atom. The van der Waals surface area contributed by atoms with Crippen molar-refractivity contribution in [3.05, 3.63) is 211 Å². The smallest absolute Gasteiger partial charge is 0.135 e. The molecule has 3 heteroatoms. The van der Waals surface area contributed by atoms with E-state index in [2.05, 4.69) is 181 Å². The first-order valence-corrected chi connectivity index (χ1v) is 22.0. The first-order valence-electron chi connectivity index (χ1n) is 22.0. The number of nitrogens with zero attached hydrogens (tertiary/aromatic N) is 1. The molecule has 1 fully saturated rings. The molecule has 0 N–H and O–H groups in total. The molecule has 3 nitrogen and oxygen atoms in total. The van der Waals surface area contributed by atoms with E-state index in [9.17, 15) is 0 Å². The number of ether oxygens (including phenoxy) is 1. The second-order valence-corrected chi connectivity index (χ2v) is 16.9. The van der Waals surface area contributed by atoms with E-state index < -0.39 is 0 Å². The molecule has 12 rings (SSSR count). The predicted octanol–water partition coefficient (Wildman–Crippen LogP) is 16.4. The number of para-hydroxylation sites is 4. The van der Waals surface area contributed by atoms with Gasteiger partial charge >= 0.3 is 0 Å². The van der Waals surface area contributed by atoms with Gasteiger partial charge in [-0.1, -0.05) is 159 Å². The highest BCUT2D eigenvalue weighted by molar-refractivity contribution is 6.07. The van der Waals surface area contributed by atoms with Crippen molar-refractivity contribution in [1.82, 2.24) is 0 Å². The molecule has 9 aromatic rings. The first-order chi connectivity index (χ1) is 30.3. The Balaban J connectivity index is 1.08. The third kappa shape index (κ3) is 6.10. The zero-order valence-corrected chi connectivity index (χ0v) is 34.1. The van der Waals surface area contributed by atoms with Crippen LogP contribution in [0, 0.1) is 0 Å². The van der Waals surface area contributed by atoms with Crippen LogP contribution in [-0.2, 0) is 0 Å². The SMILES string of the molecule is C1=CC(c2ccccc2N(c2cccc(-c3ccc4oc5ccccc5c4c3)c2)c2ccccc2-c2cccc3cccc(C4CCCCC4)c23)=C2Oc3ccccc3C2C1. The van der Waals surface area contributed by atoms with Gasteiger partial charge in [0.25, 0.3) is 0 Å². The van der Waals surface area contributed by atoms with Crippen molar-refractivity contribution in [1.29, 1.82) is 0 Å². The number of fused-ring (bicyclic) bond motifs is 7. The molecule has 2 aliphatic carbocycles. The molecule has 61 heavy (non-hydrogen) atoms. The van der Waals surface area contributed by atoms with Crippen LogP contribution >= 0.6 is 0 Å². The lowest BCUT2D eigenvalue weighted by atomic mass is 9.80. The maximum Gasteiger partial charge on any atom is 0.135 e. The van der Waals surface area contributed by atoms with E-state index in [0.717, 1.165) is 79.2 Å². The van der Waals surface area contributed by atoms with Crippen molar-refractivity contribution in [2.45, 2.75) is 50.4 Å². The van der Waals surface area contributed by atoms with E-state index in [0.29, 0.717) is 5.92 Å². The minimum Gasteiger partial charge on any atom is -0.460 e. The predicted molar refractivity (Wildman–Crippen MR) is 253 cm³/mol. The Morgan fingerprint density at radius 2 is 1.20 bits per heavy atom. The Hall–Kier alpha value is -7.10. The molecule has 3 aliphatic rings. The van der Waals surface area contributed by atoms with E-state index >= 15 is 0 Å². The molecule has 0 saturated heterocycles. The summed E-state index contributed by atoms with van der Waals surface area (Å²) in [5.41, 5.74) is 14.9. The maximum atomic E-state index is 6.77. The zero-order chi connectivity index (χ0) is 40.3. The van der Waals surface area contributed by atoms with E-state index in [1.165, 1.54) is 65.1 Å². The molecule has 1 saturated carbocycles. The summed E-state index contributed by atoms with van der Waals surface area (Å²) >= 11 is 0. The van der Waals surface area contributed by atoms with Gasteiger partial charge in [-0.05, 0) is 107 Å². The van der Waals surface area contributed by atoms with Crippen molar-refractivity contribution in [3.63, 3.8) is 0 Å². The highest BCUT2D eigenvalue weighted by Crippen LogP contribution is 2.52. The van der Waals surface area contributed by atoms with E-state index in [1.54, 1.807) is 0 Å². The summed E-state index contributed by atoms with van der Waals surface area (Å²) in [5.74, 6) is 2.75. The van der Waals surface area contributed by atoms with Crippen molar-refractivity contribution in [2.24, 2.45) is 0 Å². The summed E-state index contributed by atoms with van der Waals surface area (Å²) in [6.07, 6.45) is 12.0. The van der Waals surface area contributed by atoms with Gasteiger partial charge in [-0.3, -0.25) is 0 Å². The van der Waals surface area contributed by atoms with E-state index in [-0.39, 0.29) is 5.92 Å². The van der Waals surface area contributed by atoms with Gasteiger partial charge < -0.3 is 14.1 Å². The van der Waals surface area contributed by atoms with Crippen LogP contribution in [0.25, 0.3) is 60.5 Å². The second kappa shape index (κ2) is 14.9. The van der Waals surface area contributed by atoms with Crippen LogP contribution in [-0.4, -0.2) is 0 Å². The molecule has 1 atom stereocenters. The van der Waals surface area contributed by atoms with Gasteiger partial charge in [-0.2, -0.15) is 0 Å². The van der Waals surface area contributed by atoms with Crippen LogP contribution in [0.2, 0.25) is 0 Å². The van der Waals surface area contributed by atoms with Gasteiger partial charge in [-0.15, -0.1) is 0 Å². The lowest BCUT2D eigenvalue weighted by molar-refractivity contribution is 0.429. The third-order valence-electron chi connectivity index (χ3n) is 13.4. The summed E-state index contributed by atoms with van der Waals surface area (Å²) in [5, 5.41) is 4.94. The molecule has 1 unspecified atom stereocenters. The first kappa shape index (κ1) is 35.8. The van der Waals surface area contributed by atoms with Crippen LogP contribution < -0.4 is 9.64 Å². The van der Waals surface area contributed by atoms with Crippen LogP contribution in [0.5, 0.6) is 5.75 Å². The molecule has 2 heterocycles. The molecule has 8 aromatic carbocycles. The van der Waals surface area contributed by atoms with Crippen molar-refractivity contribution >= 4 is 55.3 Å². The third-order valence-corrected chi connectivity index (χ3v) is 13.4. The molecular weight excluding hydrogens is 743 g/mol. The normalized spacial score (nSPS) is 16.2. The molecule has 0 bridgehead atoms. The largest absolute Gasteiger partial charge is 0.460 e. The molecule has 0 amide bonds. The van der Waals surface area contributed by atoms with E-state index in [4.69, 9.17) is 9.15 Å².